The number of aryl methyl sites for hydroxylation is 1. The number of piperazine rings is 1. The van der Waals surface area contributed by atoms with Gasteiger partial charge in [-0.05, 0) is 74.7 Å². The van der Waals surface area contributed by atoms with Gasteiger partial charge in [-0.1, -0.05) is 36.4 Å². The van der Waals surface area contributed by atoms with E-state index in [2.05, 4.69) is 57.7 Å². The summed E-state index contributed by atoms with van der Waals surface area (Å²) in [6, 6.07) is 20.3. The van der Waals surface area contributed by atoms with Crippen molar-refractivity contribution in [2.75, 3.05) is 33.2 Å². The van der Waals surface area contributed by atoms with E-state index in [1.165, 1.54) is 0 Å². The molecule has 0 aliphatic carbocycles. The highest BCUT2D eigenvalue weighted by molar-refractivity contribution is 5.94. The van der Waals surface area contributed by atoms with Crippen LogP contribution in [0.1, 0.15) is 36.2 Å². The fourth-order valence-electron chi connectivity index (χ4n) is 4.98. The highest BCUT2D eigenvalue weighted by atomic mass is 16.6. The van der Waals surface area contributed by atoms with Crippen LogP contribution in [-0.2, 0) is 11.2 Å². The predicted octanol–water partition coefficient (Wildman–Crippen LogP) is 4.86. The number of hydrogen-bond donors (Lipinski definition) is 1. The van der Waals surface area contributed by atoms with Crippen LogP contribution in [0.5, 0.6) is 0 Å². The van der Waals surface area contributed by atoms with Gasteiger partial charge in [-0.2, -0.15) is 0 Å². The Morgan fingerprint density at radius 1 is 0.923 bits per heavy atom. The van der Waals surface area contributed by atoms with Gasteiger partial charge in [0.15, 0.2) is 0 Å². The van der Waals surface area contributed by atoms with Crippen molar-refractivity contribution < 1.29 is 14.3 Å². The molecule has 8 nitrogen and oxygen atoms in total. The Balaban J connectivity index is 1.27. The number of imidazole rings is 1. The average Bonchev–Trinajstić information content (AvgIpc) is 3.35. The van der Waals surface area contributed by atoms with Crippen LogP contribution < -0.4 is 5.73 Å². The van der Waals surface area contributed by atoms with Crippen LogP contribution in [0.2, 0.25) is 0 Å². The molecule has 1 aliphatic rings. The van der Waals surface area contributed by atoms with Gasteiger partial charge in [0, 0.05) is 43.5 Å². The highest BCUT2D eigenvalue weighted by Gasteiger charge is 2.22. The van der Waals surface area contributed by atoms with Crippen LogP contribution in [-0.4, -0.2) is 70.0 Å². The molecule has 0 saturated carbocycles. The van der Waals surface area contributed by atoms with Gasteiger partial charge in [0.2, 0.25) is 0 Å². The lowest BCUT2D eigenvalue weighted by Crippen LogP contribution is -2.47. The molecule has 4 aromatic rings. The second-order valence-corrected chi connectivity index (χ2v) is 10.8. The normalized spacial score (nSPS) is 14.5. The molecule has 0 spiro atoms. The van der Waals surface area contributed by atoms with Crippen LogP contribution in [0.3, 0.4) is 0 Å². The minimum absolute atomic E-state index is 0.0942. The first-order valence-electron chi connectivity index (χ1n) is 13.3. The molecule has 2 N–H and O–H groups in total. The van der Waals surface area contributed by atoms with E-state index in [0.717, 1.165) is 71.8 Å². The van der Waals surface area contributed by atoms with Crippen molar-refractivity contribution >= 4 is 17.6 Å². The van der Waals surface area contributed by atoms with Gasteiger partial charge in [0.25, 0.3) is 5.91 Å². The first-order chi connectivity index (χ1) is 18.7. The van der Waals surface area contributed by atoms with E-state index < -0.39 is 11.7 Å². The van der Waals surface area contributed by atoms with Gasteiger partial charge in [0.1, 0.15) is 11.2 Å². The van der Waals surface area contributed by atoms with Gasteiger partial charge in [0.05, 0.1) is 11.9 Å². The quantitative estimate of drug-likeness (QED) is 0.372. The first kappa shape index (κ1) is 26.4. The first-order valence-corrected chi connectivity index (χ1v) is 13.3. The van der Waals surface area contributed by atoms with E-state index in [9.17, 15) is 9.59 Å². The zero-order chi connectivity index (χ0) is 27.6. The van der Waals surface area contributed by atoms with Crippen LogP contribution in [0.15, 0.2) is 73.1 Å². The van der Waals surface area contributed by atoms with Crippen molar-refractivity contribution in [1.29, 1.82) is 0 Å². The summed E-state index contributed by atoms with van der Waals surface area (Å²) in [7, 11) is 2.08. The van der Waals surface area contributed by atoms with E-state index in [1.807, 2.05) is 55.4 Å². The van der Waals surface area contributed by atoms with Gasteiger partial charge >= 0.3 is 6.09 Å². The molecule has 202 valence electrons. The number of amides is 2. The summed E-state index contributed by atoms with van der Waals surface area (Å²) in [4.78, 5) is 32.8. The van der Waals surface area contributed by atoms with E-state index in [4.69, 9.17) is 10.5 Å². The number of hydrogen-bond acceptors (Lipinski definition) is 5. The Hall–Kier alpha value is -4.17. The third-order valence-electron chi connectivity index (χ3n) is 7.41. The molecule has 2 amide bonds. The second kappa shape index (κ2) is 10.9. The number of nitrogens with two attached hydrogens (primary N) is 1. The third-order valence-corrected chi connectivity index (χ3v) is 7.41. The van der Waals surface area contributed by atoms with Gasteiger partial charge in [-0.15, -0.1) is 0 Å². The molecule has 1 aliphatic heterocycles. The number of carbonyl (C=O) groups excluding carboxylic acids is 2. The van der Waals surface area contributed by atoms with Gasteiger partial charge in [-0.3, -0.25) is 9.20 Å². The molecule has 0 bridgehead atoms. The van der Waals surface area contributed by atoms with Gasteiger partial charge < -0.3 is 20.3 Å². The summed E-state index contributed by atoms with van der Waals surface area (Å²) in [5.41, 5.74) is 11.5. The number of ether oxygens (including phenoxy) is 1. The van der Waals surface area contributed by atoms with Crippen LogP contribution in [0.4, 0.5) is 4.79 Å². The minimum Gasteiger partial charge on any atom is -0.444 e. The number of aromatic nitrogens is 2. The number of fused-ring (bicyclic) bond motifs is 1. The Morgan fingerprint density at radius 3 is 2.26 bits per heavy atom. The number of pyridine rings is 1. The standard InChI is InChI=1S/C31H35N5O3/c1-31(2,39-30(32)38)14-12-22-4-6-24(7-5-22)27-21-33-28-20-26(13-15-36(27)28)23-8-10-25(11-9-23)29(37)35-18-16-34(3)17-19-35/h4-11,13,15,20-21H,12,14,16-19H2,1-3H3,(H2,32,38). The second-order valence-electron chi connectivity index (χ2n) is 10.8. The van der Waals surface area contributed by atoms with Gasteiger partial charge in [-0.25, -0.2) is 9.78 Å². The number of carbonyl (C=O) groups is 2. The molecular weight excluding hydrogens is 490 g/mol. The Morgan fingerprint density at radius 2 is 1.59 bits per heavy atom. The van der Waals surface area contributed by atoms with Crippen molar-refractivity contribution in [3.63, 3.8) is 0 Å². The molecule has 0 atom stereocenters. The highest BCUT2D eigenvalue weighted by Crippen LogP contribution is 2.27. The molecule has 0 unspecified atom stereocenters. The predicted molar refractivity (Wildman–Crippen MR) is 153 cm³/mol. The smallest absolute Gasteiger partial charge is 0.405 e. The molecule has 3 heterocycles. The molecule has 8 heteroatoms. The number of nitrogens with zero attached hydrogens (tertiary/aromatic N) is 4. The maximum absolute atomic E-state index is 12.9. The number of rotatable bonds is 7. The van der Waals surface area contributed by atoms with E-state index in [1.54, 1.807) is 0 Å². The van der Waals surface area contributed by atoms with Crippen molar-refractivity contribution in [3.8, 4) is 22.4 Å². The number of primary amides is 1. The molecule has 0 radical (unpaired) electrons. The topological polar surface area (TPSA) is 93.2 Å². The average molecular weight is 526 g/mol. The lowest BCUT2D eigenvalue weighted by molar-refractivity contribution is 0.0394. The molecule has 5 rings (SSSR count). The SMILES string of the molecule is CN1CCN(C(=O)c2ccc(-c3ccn4c(-c5ccc(CCC(C)(C)OC(N)=O)cc5)cnc4c3)cc2)CC1. The zero-order valence-corrected chi connectivity index (χ0v) is 22.8. The lowest BCUT2D eigenvalue weighted by Gasteiger charge is -2.32. The van der Waals surface area contributed by atoms with E-state index in [0.29, 0.717) is 6.42 Å². The molecular formula is C31H35N5O3. The van der Waals surface area contributed by atoms with Crippen molar-refractivity contribution in [2.24, 2.45) is 5.73 Å². The van der Waals surface area contributed by atoms with Crippen LogP contribution >= 0.6 is 0 Å². The molecule has 1 fully saturated rings. The maximum atomic E-state index is 12.9. The Bertz CT molecular complexity index is 1470. The summed E-state index contributed by atoms with van der Waals surface area (Å²) in [5.74, 6) is 0.0942. The summed E-state index contributed by atoms with van der Waals surface area (Å²) in [6.07, 6.45) is 4.62. The van der Waals surface area contributed by atoms with E-state index >= 15 is 0 Å². The fraction of sp³-hybridized carbons (Fsp3) is 0.323. The molecule has 2 aromatic heterocycles. The molecule has 1 saturated heterocycles. The largest absolute Gasteiger partial charge is 0.444 e. The summed E-state index contributed by atoms with van der Waals surface area (Å²) >= 11 is 0. The molecule has 39 heavy (non-hydrogen) atoms. The van der Waals surface area contributed by atoms with E-state index in [-0.39, 0.29) is 5.91 Å². The summed E-state index contributed by atoms with van der Waals surface area (Å²) < 4.78 is 7.26. The monoisotopic (exact) mass is 525 g/mol. The Labute approximate surface area is 229 Å². The van der Waals surface area contributed by atoms with Crippen molar-refractivity contribution in [2.45, 2.75) is 32.3 Å². The summed E-state index contributed by atoms with van der Waals surface area (Å²) in [6.45, 7) is 7.08. The van der Waals surface area contributed by atoms with Crippen molar-refractivity contribution in [3.05, 3.63) is 84.2 Å². The minimum atomic E-state index is -0.751. The number of likely N-dealkylation sites (N-methyl/N-ethyl adjacent to an activating group) is 1. The third kappa shape index (κ3) is 6.12. The Kier molecular flexibility index (Phi) is 7.39. The maximum Gasteiger partial charge on any atom is 0.405 e. The van der Waals surface area contributed by atoms with Crippen LogP contribution in [0, 0.1) is 0 Å². The van der Waals surface area contributed by atoms with Crippen LogP contribution in [0.25, 0.3) is 28.0 Å². The molecule has 2 aromatic carbocycles. The zero-order valence-electron chi connectivity index (χ0n) is 22.8. The summed E-state index contributed by atoms with van der Waals surface area (Å²) in [5, 5.41) is 0. The van der Waals surface area contributed by atoms with Crippen molar-refractivity contribution in [1.82, 2.24) is 19.2 Å². The lowest BCUT2D eigenvalue weighted by atomic mass is 9.97. The fourth-order valence-corrected chi connectivity index (χ4v) is 4.98. The number of benzene rings is 2.